The van der Waals surface area contributed by atoms with E-state index in [1.807, 2.05) is 0 Å². The Morgan fingerprint density at radius 2 is 1.17 bits per heavy atom. The zero-order chi connectivity index (χ0) is 4.50. The first-order chi connectivity index (χ1) is 2.00. The summed E-state index contributed by atoms with van der Waals surface area (Å²) < 4.78 is 33.3. The van der Waals surface area contributed by atoms with E-state index in [0.717, 1.165) is 0 Å². The van der Waals surface area contributed by atoms with Gasteiger partial charge in [0.2, 0.25) is 0 Å². The van der Waals surface area contributed by atoms with Gasteiger partial charge in [-0.3, -0.25) is 0 Å². The van der Waals surface area contributed by atoms with Crippen molar-refractivity contribution in [2.24, 2.45) is 0 Å². The summed E-state index contributed by atoms with van der Waals surface area (Å²) in [6.45, 7) is 0. The summed E-state index contributed by atoms with van der Waals surface area (Å²) in [5, 5.41) is 0. The van der Waals surface area contributed by atoms with Gasteiger partial charge in [-0.15, -0.1) is 12.4 Å². The Morgan fingerprint density at radius 3 is 1.17 bits per heavy atom. The fourth-order valence-electron chi connectivity index (χ4n) is 0. The van der Waals surface area contributed by atoms with Gasteiger partial charge < -0.3 is 0 Å². The third kappa shape index (κ3) is 485. The Bertz CT molecular complexity index is 129. The molecule has 6 heteroatoms. The summed E-state index contributed by atoms with van der Waals surface area (Å²) >= 11 is -5.86. The normalized spacial score (nSPS) is 9.50. The molecule has 0 bridgehead atoms. The van der Waals surface area contributed by atoms with E-state index in [0.29, 0.717) is 0 Å². The monoisotopic (exact) mass is 288 g/mol. The van der Waals surface area contributed by atoms with E-state index in [2.05, 4.69) is 0 Å². The standard InChI is InChI=1S/ClH.H2O.3O.Re/h1H;1H2;;;;/q;;;;;+1/p-1. The third-order valence-electron chi connectivity index (χ3n) is 0. The molecule has 0 rings (SSSR count). The number of rotatable bonds is 0. The van der Waals surface area contributed by atoms with Crippen molar-refractivity contribution in [2.75, 3.05) is 0 Å². The first-order valence-corrected chi connectivity index (χ1v) is 5.17. The topological polar surface area (TPSA) is 71.4 Å². The van der Waals surface area contributed by atoms with Crippen LogP contribution in [0.1, 0.15) is 0 Å². The van der Waals surface area contributed by atoms with Crippen molar-refractivity contribution in [3.8, 4) is 0 Å². The van der Waals surface area contributed by atoms with Crippen LogP contribution >= 0.6 is 12.4 Å². The maximum absolute atomic E-state index is 8.75. The predicted molar refractivity (Wildman–Crippen MR) is 11.5 cm³/mol. The number of hydrogen-bond acceptors (Lipinski definition) is 3. The molecule has 0 fully saturated rings. The van der Waals surface area contributed by atoms with Crippen molar-refractivity contribution in [3.63, 3.8) is 0 Å². The van der Waals surface area contributed by atoms with Crippen molar-refractivity contribution < 1.29 is 30.0 Å². The first kappa shape index (κ1) is 9.58. The van der Waals surface area contributed by atoms with Gasteiger partial charge in [-0.2, -0.15) is 0 Å². The molecule has 0 unspecified atom stereocenters. The molecule has 0 heterocycles. The molecule has 40 valence electrons. The molecule has 0 saturated heterocycles. The van der Waals surface area contributed by atoms with E-state index >= 15 is 0 Å². The van der Waals surface area contributed by atoms with Gasteiger partial charge in [0, 0.05) is 0 Å². The second-order valence-electron chi connectivity index (χ2n) is 0.396. The summed E-state index contributed by atoms with van der Waals surface area (Å²) in [5.41, 5.74) is 0. The minimum absolute atomic E-state index is 0. The molecule has 0 aromatic heterocycles. The Labute approximate surface area is 42.9 Å². The summed E-state index contributed by atoms with van der Waals surface area (Å²) in [5.74, 6) is 0. The average molecular weight is 288 g/mol. The molecule has 0 aromatic rings. The van der Waals surface area contributed by atoms with E-state index in [9.17, 15) is 0 Å². The molecule has 4 nitrogen and oxygen atoms in total. The van der Waals surface area contributed by atoms with Gasteiger partial charge >= 0.3 is 30.0 Å². The van der Waals surface area contributed by atoms with Gasteiger partial charge in [0.15, 0.2) is 0 Å². The van der Waals surface area contributed by atoms with E-state index in [1.54, 1.807) is 0 Å². The molecule has 0 aliphatic rings. The van der Waals surface area contributed by atoms with Crippen LogP contribution in [0.25, 0.3) is 0 Å². The molecular weight excluding hydrogens is 286 g/mol. The Morgan fingerprint density at radius 1 is 1.17 bits per heavy atom. The Balaban J connectivity index is 0. The third-order valence-corrected chi connectivity index (χ3v) is 0. The number of hydrogen-bond donors (Lipinski definition) is 1. The molecule has 6 heavy (non-hydrogen) atoms. The average Bonchev–Trinajstić information content (AvgIpc) is 0.722. The van der Waals surface area contributed by atoms with Crippen LogP contribution in [0.2, 0.25) is 0 Å². The van der Waals surface area contributed by atoms with Crippen LogP contribution in [0, 0.1) is 0 Å². The fraction of sp³-hybridized carbons (Fsp3) is 0. The van der Waals surface area contributed by atoms with Gasteiger partial charge in [-0.05, 0) is 0 Å². The molecule has 0 aliphatic heterocycles. The van der Waals surface area contributed by atoms with Gasteiger partial charge in [0.1, 0.15) is 0 Å². The summed E-state index contributed by atoms with van der Waals surface area (Å²) in [6, 6.07) is 0. The fourth-order valence-corrected chi connectivity index (χ4v) is 0. The van der Waals surface area contributed by atoms with E-state index < -0.39 is 15.8 Å². The van der Waals surface area contributed by atoms with E-state index in [1.165, 1.54) is 0 Å². The van der Waals surface area contributed by atoms with Crippen LogP contribution in [0.4, 0.5) is 0 Å². The van der Waals surface area contributed by atoms with Crippen LogP contribution in [0.15, 0.2) is 0 Å². The second kappa shape index (κ2) is 2.48. The molecule has 0 radical (unpaired) electrons. The summed E-state index contributed by atoms with van der Waals surface area (Å²) in [4.78, 5) is 0. The maximum atomic E-state index is 8.75. The second-order valence-corrected chi connectivity index (χ2v) is 3.24. The molecule has 0 aromatic carbocycles. The van der Waals surface area contributed by atoms with Gasteiger partial charge in [-0.25, -0.2) is 0 Å². The van der Waals surface area contributed by atoms with Crippen LogP contribution in [0.5, 0.6) is 0 Å². The molecule has 0 atom stereocenters. The van der Waals surface area contributed by atoms with E-state index in [4.69, 9.17) is 14.2 Å². The SMILES string of the molecule is Cl.[O]=[Re](=[O])(=[O])[OH]. The Kier molecular flexibility index (Phi) is 3.96. The van der Waals surface area contributed by atoms with Crippen LogP contribution in [-0.2, 0) is 26.2 Å². The zero-order valence-corrected chi connectivity index (χ0v) is 5.99. The summed E-state index contributed by atoms with van der Waals surface area (Å²) in [7, 11) is 0. The van der Waals surface area contributed by atoms with Crippen molar-refractivity contribution in [3.05, 3.63) is 0 Å². The summed E-state index contributed by atoms with van der Waals surface area (Å²) in [6.07, 6.45) is 0. The van der Waals surface area contributed by atoms with Crippen molar-refractivity contribution in [1.82, 2.24) is 0 Å². The molecule has 0 saturated carbocycles. The Hall–Kier alpha value is 0.312. The number of halogens is 1. The molecule has 0 amide bonds. The zero-order valence-electron chi connectivity index (χ0n) is 2.46. The van der Waals surface area contributed by atoms with Crippen molar-refractivity contribution >= 4 is 12.4 Å². The van der Waals surface area contributed by atoms with Crippen LogP contribution in [-0.4, -0.2) is 3.83 Å². The van der Waals surface area contributed by atoms with Gasteiger partial charge in [0.05, 0.1) is 0 Å². The predicted octanol–water partition coefficient (Wildman–Crippen LogP) is -0.494. The van der Waals surface area contributed by atoms with E-state index in [-0.39, 0.29) is 12.4 Å². The van der Waals surface area contributed by atoms with Crippen LogP contribution in [0.3, 0.4) is 0 Å². The van der Waals surface area contributed by atoms with Gasteiger partial charge in [-0.1, -0.05) is 0 Å². The van der Waals surface area contributed by atoms with Crippen molar-refractivity contribution in [1.29, 1.82) is 0 Å². The van der Waals surface area contributed by atoms with Gasteiger partial charge in [0.25, 0.3) is 0 Å². The molecule has 0 spiro atoms. The molecule has 1 N–H and O–H groups in total. The quantitative estimate of drug-likeness (QED) is 0.652. The first-order valence-electron chi connectivity index (χ1n) is 0.632. The molecular formula is H2ClO4Re. The van der Waals surface area contributed by atoms with Crippen LogP contribution < -0.4 is 0 Å². The minimum atomic E-state index is -5.86. The molecule has 0 aliphatic carbocycles. The van der Waals surface area contributed by atoms with Crippen molar-refractivity contribution in [2.45, 2.75) is 0 Å².